The Hall–Kier alpha value is -0.610. The summed E-state index contributed by atoms with van der Waals surface area (Å²) in [6.07, 6.45) is -3.59. The predicted molar refractivity (Wildman–Crippen MR) is 61.9 cm³/mol. The highest BCUT2D eigenvalue weighted by atomic mass is 79.9. The van der Waals surface area contributed by atoms with Gasteiger partial charge in [-0.05, 0) is 6.92 Å². The number of hydrogen-bond acceptors (Lipinski definition) is 3. The molecule has 0 bridgehead atoms. The summed E-state index contributed by atoms with van der Waals surface area (Å²) < 4.78 is 61.5. The van der Waals surface area contributed by atoms with Gasteiger partial charge in [-0.3, -0.25) is 5.10 Å². The molecule has 0 radical (unpaired) electrons. The van der Waals surface area contributed by atoms with E-state index in [1.165, 1.54) is 6.92 Å². The summed E-state index contributed by atoms with van der Waals surface area (Å²) in [6.45, 7) is -0.363. The Balaban J connectivity index is 3.09. The molecule has 0 aliphatic heterocycles. The van der Waals surface area contributed by atoms with E-state index in [4.69, 9.17) is 0 Å². The Labute approximate surface area is 111 Å². The van der Waals surface area contributed by atoms with Crippen LogP contribution in [-0.2, 0) is 10.0 Å². The number of aryl methyl sites for hydroxylation is 1. The Morgan fingerprint density at radius 2 is 2.11 bits per heavy atom. The number of H-pyrrole nitrogens is 1. The molecule has 0 spiro atoms. The Bertz CT molecular complexity index is 500. The fourth-order valence-electron chi connectivity index (χ4n) is 1.32. The highest BCUT2D eigenvalue weighted by molar-refractivity contribution is 9.09. The Morgan fingerprint density at radius 3 is 2.50 bits per heavy atom. The second kappa shape index (κ2) is 5.57. The van der Waals surface area contributed by atoms with Crippen molar-refractivity contribution in [2.75, 3.05) is 18.4 Å². The number of hydrogen-bond donors (Lipinski definition) is 1. The van der Waals surface area contributed by atoms with Crippen molar-refractivity contribution in [2.24, 2.45) is 0 Å². The molecule has 18 heavy (non-hydrogen) atoms. The molecule has 1 aromatic rings. The zero-order valence-corrected chi connectivity index (χ0v) is 11.7. The molecule has 1 heterocycles. The maximum Gasteiger partial charge on any atom is 0.402 e. The van der Waals surface area contributed by atoms with Crippen molar-refractivity contribution in [3.05, 3.63) is 11.9 Å². The standard InChI is InChI=1S/C8H11BrF3N3O2S/c1-6-7(4-13-14-6)18(16,17)15(3-2-9)5-8(10,11)12/h4H,2-3,5H2,1H3,(H,13,14). The summed E-state index contributed by atoms with van der Waals surface area (Å²) in [5.74, 6) is 0. The fourth-order valence-corrected chi connectivity index (χ4v) is 3.52. The van der Waals surface area contributed by atoms with E-state index in [0.717, 1.165) is 6.20 Å². The summed E-state index contributed by atoms with van der Waals surface area (Å²) in [5, 5.41) is 6.00. The van der Waals surface area contributed by atoms with Crippen LogP contribution >= 0.6 is 15.9 Å². The molecule has 10 heteroatoms. The maximum absolute atomic E-state index is 12.4. The van der Waals surface area contributed by atoms with E-state index < -0.39 is 22.7 Å². The molecule has 0 saturated carbocycles. The van der Waals surface area contributed by atoms with Gasteiger partial charge in [0.1, 0.15) is 11.4 Å². The smallest absolute Gasteiger partial charge is 0.281 e. The van der Waals surface area contributed by atoms with Crippen LogP contribution in [0.3, 0.4) is 0 Å². The largest absolute Gasteiger partial charge is 0.402 e. The lowest BCUT2D eigenvalue weighted by molar-refractivity contribution is -0.135. The highest BCUT2D eigenvalue weighted by Crippen LogP contribution is 2.23. The Kier molecular flexibility index (Phi) is 4.78. The van der Waals surface area contributed by atoms with E-state index in [9.17, 15) is 21.6 Å². The fraction of sp³-hybridized carbons (Fsp3) is 0.625. The van der Waals surface area contributed by atoms with Crippen LogP contribution in [0.15, 0.2) is 11.1 Å². The molecule has 1 rings (SSSR count). The van der Waals surface area contributed by atoms with Crippen LogP contribution in [0.1, 0.15) is 5.69 Å². The molecule has 104 valence electrons. The average Bonchev–Trinajstić information content (AvgIpc) is 2.62. The lowest BCUT2D eigenvalue weighted by atomic mass is 10.5. The molecule has 1 N–H and O–H groups in total. The molecule has 0 atom stereocenters. The zero-order valence-electron chi connectivity index (χ0n) is 9.33. The number of alkyl halides is 4. The third kappa shape index (κ3) is 3.69. The van der Waals surface area contributed by atoms with Crippen molar-refractivity contribution >= 4 is 26.0 Å². The van der Waals surface area contributed by atoms with Crippen LogP contribution in [0.5, 0.6) is 0 Å². The van der Waals surface area contributed by atoms with Gasteiger partial charge >= 0.3 is 6.18 Å². The predicted octanol–water partition coefficient (Wildman–Crippen LogP) is 1.67. The summed E-state index contributed by atoms with van der Waals surface area (Å²) >= 11 is 2.93. The molecule has 0 saturated heterocycles. The van der Waals surface area contributed by atoms with Gasteiger partial charge < -0.3 is 0 Å². The van der Waals surface area contributed by atoms with Crippen LogP contribution in [0.25, 0.3) is 0 Å². The third-order valence-electron chi connectivity index (χ3n) is 2.09. The number of halogens is 4. The quantitative estimate of drug-likeness (QED) is 0.822. The first-order chi connectivity index (χ1) is 8.18. The number of rotatable bonds is 5. The van der Waals surface area contributed by atoms with Crippen molar-refractivity contribution in [3.8, 4) is 0 Å². The van der Waals surface area contributed by atoms with E-state index in [1.807, 2.05) is 0 Å². The van der Waals surface area contributed by atoms with Crippen molar-refractivity contribution in [2.45, 2.75) is 18.0 Å². The summed E-state index contributed by atoms with van der Waals surface area (Å²) in [5.41, 5.74) is 0.205. The Morgan fingerprint density at radius 1 is 1.50 bits per heavy atom. The van der Waals surface area contributed by atoms with Crippen LogP contribution in [0, 0.1) is 6.92 Å². The van der Waals surface area contributed by atoms with Gasteiger partial charge in [0.25, 0.3) is 0 Å². The van der Waals surface area contributed by atoms with Gasteiger partial charge in [-0.25, -0.2) is 8.42 Å². The molecule has 0 unspecified atom stereocenters. The highest BCUT2D eigenvalue weighted by Gasteiger charge is 2.37. The van der Waals surface area contributed by atoms with Gasteiger partial charge in [-0.2, -0.15) is 22.6 Å². The number of nitrogens with one attached hydrogen (secondary N) is 1. The monoisotopic (exact) mass is 349 g/mol. The number of nitrogens with zero attached hydrogens (tertiary/aromatic N) is 2. The summed E-state index contributed by atoms with van der Waals surface area (Å²) in [4.78, 5) is -0.243. The van der Waals surface area contributed by atoms with Crippen molar-refractivity contribution < 1.29 is 21.6 Å². The zero-order chi connectivity index (χ0) is 14.0. The minimum atomic E-state index is -4.59. The van der Waals surface area contributed by atoms with Crippen molar-refractivity contribution in [3.63, 3.8) is 0 Å². The molecule has 0 fully saturated rings. The van der Waals surface area contributed by atoms with Crippen LogP contribution in [0.2, 0.25) is 0 Å². The minimum Gasteiger partial charge on any atom is -0.281 e. The SMILES string of the molecule is Cc1[nH]ncc1S(=O)(=O)N(CCBr)CC(F)(F)F. The van der Waals surface area contributed by atoms with Crippen LogP contribution in [-0.4, -0.2) is 47.5 Å². The normalized spacial score (nSPS) is 13.2. The molecular formula is C8H11BrF3N3O2S. The van der Waals surface area contributed by atoms with E-state index in [1.54, 1.807) is 0 Å². The van der Waals surface area contributed by atoms with Crippen LogP contribution < -0.4 is 0 Å². The molecular weight excluding hydrogens is 339 g/mol. The first kappa shape index (κ1) is 15.4. The van der Waals surface area contributed by atoms with Gasteiger partial charge in [0.15, 0.2) is 0 Å². The van der Waals surface area contributed by atoms with Gasteiger partial charge in [0.05, 0.1) is 11.9 Å². The van der Waals surface area contributed by atoms with Crippen LogP contribution in [0.4, 0.5) is 13.2 Å². The van der Waals surface area contributed by atoms with Gasteiger partial charge in [0, 0.05) is 11.9 Å². The lowest BCUT2D eigenvalue weighted by Gasteiger charge is -2.22. The van der Waals surface area contributed by atoms with E-state index >= 15 is 0 Å². The van der Waals surface area contributed by atoms with E-state index in [-0.39, 0.29) is 22.5 Å². The summed E-state index contributed by atoms with van der Waals surface area (Å²) in [7, 11) is -4.19. The second-order valence-corrected chi connectivity index (χ2v) is 6.20. The van der Waals surface area contributed by atoms with E-state index in [2.05, 4.69) is 26.1 Å². The third-order valence-corrected chi connectivity index (χ3v) is 4.40. The molecule has 5 nitrogen and oxygen atoms in total. The number of aromatic amines is 1. The van der Waals surface area contributed by atoms with Gasteiger partial charge in [-0.15, -0.1) is 0 Å². The summed E-state index contributed by atoms with van der Waals surface area (Å²) in [6, 6.07) is 0. The molecule has 0 amide bonds. The van der Waals surface area contributed by atoms with Gasteiger partial charge in [-0.1, -0.05) is 15.9 Å². The second-order valence-electron chi connectivity index (χ2n) is 3.50. The first-order valence-electron chi connectivity index (χ1n) is 4.81. The maximum atomic E-state index is 12.4. The van der Waals surface area contributed by atoms with Crippen molar-refractivity contribution in [1.82, 2.24) is 14.5 Å². The topological polar surface area (TPSA) is 66.1 Å². The molecule has 0 aliphatic carbocycles. The minimum absolute atomic E-state index is 0.110. The average molecular weight is 350 g/mol. The van der Waals surface area contributed by atoms with Crippen molar-refractivity contribution in [1.29, 1.82) is 0 Å². The molecule has 0 aliphatic rings. The first-order valence-corrected chi connectivity index (χ1v) is 7.37. The van der Waals surface area contributed by atoms with E-state index in [0.29, 0.717) is 4.31 Å². The number of sulfonamides is 1. The lowest BCUT2D eigenvalue weighted by Crippen LogP contribution is -2.40. The number of aromatic nitrogens is 2. The van der Waals surface area contributed by atoms with Gasteiger partial charge in [0.2, 0.25) is 10.0 Å². The molecule has 1 aromatic heterocycles. The molecule has 0 aromatic carbocycles.